The fourth-order valence-electron chi connectivity index (χ4n) is 3.24. The molecule has 20 heavy (non-hydrogen) atoms. The Morgan fingerprint density at radius 1 is 1.45 bits per heavy atom. The Balaban J connectivity index is 1.80. The molecule has 4 heteroatoms. The summed E-state index contributed by atoms with van der Waals surface area (Å²) in [5.74, 6) is 6.47. The molecule has 1 aromatic carbocycles. The molecule has 2 bridgehead atoms. The topological polar surface area (TPSA) is 46.3 Å². The van der Waals surface area contributed by atoms with Crippen LogP contribution in [-0.2, 0) is 0 Å². The van der Waals surface area contributed by atoms with Gasteiger partial charge in [-0.05, 0) is 43.4 Å². The van der Waals surface area contributed by atoms with Crippen LogP contribution in [-0.4, -0.2) is 29.9 Å². The number of likely N-dealkylation sites (tertiary alicyclic amines) is 1. The van der Waals surface area contributed by atoms with Crippen LogP contribution in [0.15, 0.2) is 18.2 Å². The molecule has 1 saturated heterocycles. The normalized spacial score (nSPS) is 23.6. The number of hydrogen-bond donors (Lipinski definition) is 1. The smallest absolute Gasteiger partial charge is 0.254 e. The maximum Gasteiger partial charge on any atom is 0.254 e. The lowest BCUT2D eigenvalue weighted by Gasteiger charge is -2.27. The SMILES string of the molecule is NCC#Cc1ccc(C(=O)N2CC3CCC2C3)cc1Cl. The number of hydrogen-bond acceptors (Lipinski definition) is 2. The van der Waals surface area contributed by atoms with Crippen molar-refractivity contribution in [3.05, 3.63) is 34.3 Å². The zero-order valence-corrected chi connectivity index (χ0v) is 12.0. The van der Waals surface area contributed by atoms with Crippen molar-refractivity contribution in [2.75, 3.05) is 13.1 Å². The molecule has 0 aromatic heterocycles. The van der Waals surface area contributed by atoms with Gasteiger partial charge in [-0.1, -0.05) is 23.4 Å². The summed E-state index contributed by atoms with van der Waals surface area (Å²) < 4.78 is 0. The molecule has 2 aliphatic rings. The molecule has 1 heterocycles. The Labute approximate surface area is 124 Å². The number of benzene rings is 1. The van der Waals surface area contributed by atoms with Crippen molar-refractivity contribution in [2.45, 2.75) is 25.3 Å². The fraction of sp³-hybridized carbons (Fsp3) is 0.438. The molecule has 1 amide bonds. The highest BCUT2D eigenvalue weighted by Gasteiger charge is 2.40. The molecular weight excluding hydrogens is 272 g/mol. The van der Waals surface area contributed by atoms with E-state index in [4.69, 9.17) is 17.3 Å². The minimum atomic E-state index is 0.0948. The summed E-state index contributed by atoms with van der Waals surface area (Å²) in [6.07, 6.45) is 3.58. The van der Waals surface area contributed by atoms with Gasteiger partial charge in [0.1, 0.15) is 0 Å². The molecule has 1 aromatic rings. The molecule has 2 atom stereocenters. The Morgan fingerprint density at radius 2 is 2.30 bits per heavy atom. The third-order valence-electron chi connectivity index (χ3n) is 4.21. The molecule has 0 spiro atoms. The number of nitrogens with two attached hydrogens (primary N) is 1. The van der Waals surface area contributed by atoms with Gasteiger partial charge in [-0.3, -0.25) is 4.79 Å². The highest BCUT2D eigenvalue weighted by molar-refractivity contribution is 6.32. The summed E-state index contributed by atoms with van der Waals surface area (Å²) in [7, 11) is 0. The predicted molar refractivity (Wildman–Crippen MR) is 79.5 cm³/mol. The second kappa shape index (κ2) is 5.47. The van der Waals surface area contributed by atoms with E-state index in [-0.39, 0.29) is 5.91 Å². The van der Waals surface area contributed by atoms with Gasteiger partial charge < -0.3 is 10.6 Å². The third kappa shape index (κ3) is 2.42. The predicted octanol–water partition coefficient (Wildman–Crippen LogP) is 2.27. The average molecular weight is 289 g/mol. The molecule has 1 aliphatic carbocycles. The summed E-state index contributed by atoms with van der Waals surface area (Å²) in [4.78, 5) is 14.5. The monoisotopic (exact) mass is 288 g/mol. The minimum absolute atomic E-state index is 0.0948. The highest BCUT2D eigenvalue weighted by Crippen LogP contribution is 2.38. The lowest BCUT2D eigenvalue weighted by atomic mass is 10.1. The quantitative estimate of drug-likeness (QED) is 0.806. The van der Waals surface area contributed by atoms with E-state index in [0.29, 0.717) is 29.1 Å². The zero-order valence-electron chi connectivity index (χ0n) is 11.2. The molecule has 2 N–H and O–H groups in total. The van der Waals surface area contributed by atoms with Crippen LogP contribution >= 0.6 is 11.6 Å². The first-order chi connectivity index (χ1) is 9.69. The van der Waals surface area contributed by atoms with Gasteiger partial charge in [-0.25, -0.2) is 0 Å². The van der Waals surface area contributed by atoms with Crippen LogP contribution in [0.4, 0.5) is 0 Å². The second-order valence-electron chi connectivity index (χ2n) is 5.49. The number of amides is 1. The molecule has 2 unspecified atom stereocenters. The molecule has 0 radical (unpaired) electrons. The van der Waals surface area contributed by atoms with Gasteiger partial charge in [-0.15, -0.1) is 0 Å². The Hall–Kier alpha value is -1.50. The van der Waals surface area contributed by atoms with Crippen LogP contribution in [0.3, 0.4) is 0 Å². The number of rotatable bonds is 1. The highest BCUT2D eigenvalue weighted by atomic mass is 35.5. The molecule has 3 rings (SSSR count). The lowest BCUT2D eigenvalue weighted by molar-refractivity contribution is 0.0703. The number of fused-ring (bicyclic) bond motifs is 2. The van der Waals surface area contributed by atoms with Crippen molar-refractivity contribution < 1.29 is 4.79 Å². The number of carbonyl (C=O) groups excluding carboxylic acids is 1. The van der Waals surface area contributed by atoms with Gasteiger partial charge >= 0.3 is 0 Å². The van der Waals surface area contributed by atoms with Crippen LogP contribution in [0.5, 0.6) is 0 Å². The molecule has 1 aliphatic heterocycles. The van der Waals surface area contributed by atoms with Crippen LogP contribution < -0.4 is 5.73 Å². The van der Waals surface area contributed by atoms with E-state index in [1.54, 1.807) is 18.2 Å². The number of halogens is 1. The zero-order chi connectivity index (χ0) is 14.1. The summed E-state index contributed by atoms with van der Waals surface area (Å²) in [5.41, 5.74) is 6.72. The Bertz CT molecular complexity index is 602. The van der Waals surface area contributed by atoms with E-state index in [1.165, 1.54) is 12.8 Å². The van der Waals surface area contributed by atoms with Crippen LogP contribution in [0.25, 0.3) is 0 Å². The lowest BCUT2D eigenvalue weighted by Crippen LogP contribution is -2.37. The van der Waals surface area contributed by atoms with E-state index in [2.05, 4.69) is 11.8 Å². The first-order valence-electron chi connectivity index (χ1n) is 6.98. The van der Waals surface area contributed by atoms with Gasteiger partial charge in [0.05, 0.1) is 11.6 Å². The average Bonchev–Trinajstić information content (AvgIpc) is 3.08. The Kier molecular flexibility index (Phi) is 3.69. The van der Waals surface area contributed by atoms with Crippen LogP contribution in [0.2, 0.25) is 5.02 Å². The van der Waals surface area contributed by atoms with Crippen molar-refractivity contribution in [1.29, 1.82) is 0 Å². The molecular formula is C16H17ClN2O. The van der Waals surface area contributed by atoms with E-state index in [0.717, 1.165) is 18.5 Å². The van der Waals surface area contributed by atoms with Gasteiger partial charge in [0.25, 0.3) is 5.91 Å². The number of nitrogens with zero attached hydrogens (tertiary/aromatic N) is 1. The third-order valence-corrected chi connectivity index (χ3v) is 4.52. The van der Waals surface area contributed by atoms with Crippen molar-refractivity contribution in [3.8, 4) is 11.8 Å². The number of piperidine rings is 1. The largest absolute Gasteiger partial charge is 0.335 e. The van der Waals surface area contributed by atoms with E-state index in [9.17, 15) is 4.79 Å². The van der Waals surface area contributed by atoms with Gasteiger partial charge in [0.2, 0.25) is 0 Å². The van der Waals surface area contributed by atoms with Gasteiger partial charge in [0.15, 0.2) is 0 Å². The Morgan fingerprint density at radius 3 is 2.90 bits per heavy atom. The van der Waals surface area contributed by atoms with Crippen molar-refractivity contribution in [3.63, 3.8) is 0 Å². The van der Waals surface area contributed by atoms with E-state index >= 15 is 0 Å². The van der Waals surface area contributed by atoms with Crippen LogP contribution in [0, 0.1) is 17.8 Å². The molecule has 2 fully saturated rings. The maximum atomic E-state index is 12.5. The van der Waals surface area contributed by atoms with E-state index < -0.39 is 0 Å². The van der Waals surface area contributed by atoms with Crippen molar-refractivity contribution >= 4 is 17.5 Å². The second-order valence-corrected chi connectivity index (χ2v) is 5.90. The summed E-state index contributed by atoms with van der Waals surface area (Å²) >= 11 is 6.18. The molecule has 104 valence electrons. The van der Waals surface area contributed by atoms with Crippen molar-refractivity contribution in [2.24, 2.45) is 11.7 Å². The molecule has 1 saturated carbocycles. The maximum absolute atomic E-state index is 12.5. The molecule has 3 nitrogen and oxygen atoms in total. The number of carbonyl (C=O) groups is 1. The van der Waals surface area contributed by atoms with Gasteiger partial charge in [0, 0.05) is 23.7 Å². The summed E-state index contributed by atoms with van der Waals surface area (Å²) in [5, 5.41) is 0.515. The van der Waals surface area contributed by atoms with E-state index in [1.807, 2.05) is 4.90 Å². The minimum Gasteiger partial charge on any atom is -0.335 e. The first-order valence-corrected chi connectivity index (χ1v) is 7.36. The summed E-state index contributed by atoms with van der Waals surface area (Å²) in [6, 6.07) is 5.76. The standard InChI is InChI=1S/C16H17ClN2O/c17-15-9-13(5-4-12(15)2-1-7-18)16(20)19-10-11-3-6-14(19)8-11/h4-5,9,11,14H,3,6-8,10,18H2. The van der Waals surface area contributed by atoms with Gasteiger partial charge in [-0.2, -0.15) is 0 Å². The fourth-order valence-corrected chi connectivity index (χ4v) is 3.46. The summed E-state index contributed by atoms with van der Waals surface area (Å²) in [6.45, 7) is 1.20. The first kappa shape index (κ1) is 13.5. The van der Waals surface area contributed by atoms with Crippen LogP contribution in [0.1, 0.15) is 35.2 Å². The van der Waals surface area contributed by atoms with Crippen molar-refractivity contribution in [1.82, 2.24) is 4.90 Å².